The van der Waals surface area contributed by atoms with Crippen LogP contribution in [0.1, 0.15) is 25.0 Å². The zero-order valence-corrected chi connectivity index (χ0v) is 20.8. The first kappa shape index (κ1) is 22.1. The molecule has 0 fully saturated rings. The van der Waals surface area contributed by atoms with Gasteiger partial charge in [0.1, 0.15) is 0 Å². The smallest absolute Gasteiger partial charge is 0.423 e. The zero-order chi connectivity index (χ0) is 25.3. The second kappa shape index (κ2) is 7.94. The number of rotatable bonds is 3. The van der Waals surface area contributed by atoms with Crippen molar-refractivity contribution < 1.29 is 10.0 Å². The van der Waals surface area contributed by atoms with Gasteiger partial charge < -0.3 is 14.6 Å². The molecule has 0 spiro atoms. The molecule has 3 nitrogen and oxygen atoms in total. The molecule has 0 aliphatic heterocycles. The second-order valence-corrected chi connectivity index (χ2v) is 10.5. The molecule has 0 radical (unpaired) electrons. The largest absolute Gasteiger partial charge is 0.488 e. The molecule has 0 atom stereocenters. The standard InChI is InChI=1S/C33H26BNO2/c1-33(2)29-14-7-6-13-25(29)26-19-28-27-18-22(21-9-8-10-23(17-21)34(36)37)15-16-31(27)35(32(28)20-30(26)33)24-11-4-3-5-12-24/h3-20,36-37H,1-2H3. The highest BCUT2D eigenvalue weighted by Gasteiger charge is 2.36. The van der Waals surface area contributed by atoms with Crippen LogP contribution < -0.4 is 5.46 Å². The minimum atomic E-state index is -1.49. The van der Waals surface area contributed by atoms with Gasteiger partial charge in [-0.1, -0.05) is 86.6 Å². The SMILES string of the molecule is CC1(C)c2ccccc2-c2cc3c4cc(-c5cccc(B(O)O)c5)ccc4n(-c4ccccc4)c3cc21. The lowest BCUT2D eigenvalue weighted by molar-refractivity contribution is 0.426. The molecule has 37 heavy (non-hydrogen) atoms. The Morgan fingerprint density at radius 1 is 0.595 bits per heavy atom. The van der Waals surface area contributed by atoms with E-state index >= 15 is 0 Å². The number of aromatic nitrogens is 1. The van der Waals surface area contributed by atoms with Gasteiger partial charge in [0, 0.05) is 21.9 Å². The molecule has 1 aliphatic rings. The molecule has 0 unspecified atom stereocenters. The van der Waals surface area contributed by atoms with Gasteiger partial charge in [-0.15, -0.1) is 0 Å². The lowest BCUT2D eigenvalue weighted by atomic mass is 9.79. The third-order valence-corrected chi connectivity index (χ3v) is 8.00. The first-order chi connectivity index (χ1) is 17.9. The Balaban J connectivity index is 1.56. The van der Waals surface area contributed by atoms with E-state index in [1.165, 1.54) is 38.5 Å². The van der Waals surface area contributed by atoms with Crippen molar-refractivity contribution in [3.05, 3.63) is 120 Å². The first-order valence-corrected chi connectivity index (χ1v) is 12.7. The maximum atomic E-state index is 9.70. The molecule has 0 bridgehead atoms. The van der Waals surface area contributed by atoms with Gasteiger partial charge in [-0.3, -0.25) is 0 Å². The minimum absolute atomic E-state index is 0.0746. The Bertz CT molecular complexity index is 1830. The van der Waals surface area contributed by atoms with Crippen molar-refractivity contribution in [1.82, 2.24) is 4.57 Å². The quantitative estimate of drug-likeness (QED) is 0.287. The van der Waals surface area contributed by atoms with Crippen LogP contribution in [0, 0.1) is 0 Å². The van der Waals surface area contributed by atoms with E-state index < -0.39 is 7.12 Å². The predicted molar refractivity (Wildman–Crippen MR) is 154 cm³/mol. The normalized spacial score (nSPS) is 13.6. The van der Waals surface area contributed by atoms with Crippen molar-refractivity contribution in [2.75, 3.05) is 0 Å². The molecule has 0 saturated heterocycles. The molecule has 178 valence electrons. The van der Waals surface area contributed by atoms with E-state index in [-0.39, 0.29) is 5.41 Å². The van der Waals surface area contributed by atoms with E-state index in [2.05, 4.69) is 103 Å². The number of hydrogen-bond acceptors (Lipinski definition) is 2. The van der Waals surface area contributed by atoms with Crippen molar-refractivity contribution in [2.24, 2.45) is 0 Å². The van der Waals surface area contributed by atoms with Crippen LogP contribution in [0.4, 0.5) is 0 Å². The summed E-state index contributed by atoms with van der Waals surface area (Å²) in [6.07, 6.45) is 0. The van der Waals surface area contributed by atoms with Crippen LogP contribution in [-0.2, 0) is 5.41 Å². The molecule has 4 heteroatoms. The molecule has 0 saturated carbocycles. The number of fused-ring (bicyclic) bond motifs is 6. The first-order valence-electron chi connectivity index (χ1n) is 12.7. The third kappa shape index (κ3) is 3.23. The summed E-state index contributed by atoms with van der Waals surface area (Å²) in [7, 11) is -1.49. The number of hydrogen-bond donors (Lipinski definition) is 2. The predicted octanol–water partition coefficient (Wildman–Crippen LogP) is 6.44. The van der Waals surface area contributed by atoms with Gasteiger partial charge in [0.25, 0.3) is 0 Å². The zero-order valence-electron chi connectivity index (χ0n) is 20.8. The van der Waals surface area contributed by atoms with Crippen molar-refractivity contribution >= 4 is 34.4 Å². The molecular formula is C33H26BNO2. The van der Waals surface area contributed by atoms with Crippen LogP contribution in [0.2, 0.25) is 0 Å². The summed E-state index contributed by atoms with van der Waals surface area (Å²) < 4.78 is 2.36. The van der Waals surface area contributed by atoms with Crippen molar-refractivity contribution in [3.8, 4) is 27.9 Å². The van der Waals surface area contributed by atoms with Gasteiger partial charge in [-0.2, -0.15) is 0 Å². The highest BCUT2D eigenvalue weighted by atomic mass is 16.4. The molecule has 1 heterocycles. The fourth-order valence-corrected chi connectivity index (χ4v) is 6.13. The molecule has 2 N–H and O–H groups in total. The summed E-state index contributed by atoms with van der Waals surface area (Å²) in [4.78, 5) is 0. The van der Waals surface area contributed by atoms with Gasteiger partial charge in [0.15, 0.2) is 0 Å². The molecule has 6 aromatic rings. The van der Waals surface area contributed by atoms with Crippen LogP contribution in [0.3, 0.4) is 0 Å². The van der Waals surface area contributed by atoms with Crippen molar-refractivity contribution in [3.63, 3.8) is 0 Å². The Hall–Kier alpha value is -4.12. The van der Waals surface area contributed by atoms with Crippen molar-refractivity contribution in [1.29, 1.82) is 0 Å². The van der Waals surface area contributed by atoms with E-state index in [4.69, 9.17) is 0 Å². The average Bonchev–Trinajstić information content (AvgIpc) is 3.36. The molecule has 5 aromatic carbocycles. The van der Waals surface area contributed by atoms with Crippen LogP contribution >= 0.6 is 0 Å². The number of nitrogens with zero attached hydrogens (tertiary/aromatic N) is 1. The second-order valence-electron chi connectivity index (χ2n) is 10.5. The van der Waals surface area contributed by atoms with E-state index in [9.17, 15) is 10.0 Å². The average molecular weight is 479 g/mol. The molecule has 1 aromatic heterocycles. The summed E-state index contributed by atoms with van der Waals surface area (Å²) in [5, 5.41) is 21.8. The Kier molecular flexibility index (Phi) is 4.75. The van der Waals surface area contributed by atoms with Gasteiger partial charge >= 0.3 is 7.12 Å². The van der Waals surface area contributed by atoms with Crippen LogP contribution in [0.5, 0.6) is 0 Å². The number of para-hydroxylation sites is 1. The summed E-state index contributed by atoms with van der Waals surface area (Å²) in [5.74, 6) is 0. The molecule has 0 amide bonds. The van der Waals surface area contributed by atoms with Crippen molar-refractivity contribution in [2.45, 2.75) is 19.3 Å². The molecular weight excluding hydrogens is 453 g/mol. The number of benzene rings is 5. The minimum Gasteiger partial charge on any atom is -0.423 e. The van der Waals surface area contributed by atoms with Crippen LogP contribution in [-0.4, -0.2) is 21.7 Å². The Morgan fingerprint density at radius 3 is 2.14 bits per heavy atom. The molecule has 7 rings (SSSR count). The summed E-state index contributed by atoms with van der Waals surface area (Å²) >= 11 is 0. The van der Waals surface area contributed by atoms with E-state index in [1.54, 1.807) is 6.07 Å². The van der Waals surface area contributed by atoms with Crippen LogP contribution in [0.15, 0.2) is 109 Å². The van der Waals surface area contributed by atoms with Gasteiger partial charge in [-0.25, -0.2) is 0 Å². The summed E-state index contributed by atoms with van der Waals surface area (Å²) in [6, 6.07) is 38.1. The Morgan fingerprint density at radius 2 is 1.32 bits per heavy atom. The summed E-state index contributed by atoms with van der Waals surface area (Å²) in [6.45, 7) is 4.64. The fraction of sp³-hybridized carbons (Fsp3) is 0.0909. The summed E-state index contributed by atoms with van der Waals surface area (Å²) in [5.41, 5.74) is 11.2. The third-order valence-electron chi connectivity index (χ3n) is 8.00. The lowest BCUT2D eigenvalue weighted by Gasteiger charge is -2.21. The van der Waals surface area contributed by atoms with Gasteiger partial charge in [0.2, 0.25) is 0 Å². The monoisotopic (exact) mass is 479 g/mol. The maximum Gasteiger partial charge on any atom is 0.488 e. The highest BCUT2D eigenvalue weighted by molar-refractivity contribution is 6.58. The van der Waals surface area contributed by atoms with Gasteiger partial charge in [-0.05, 0) is 75.2 Å². The maximum absolute atomic E-state index is 9.70. The lowest BCUT2D eigenvalue weighted by Crippen LogP contribution is -2.29. The van der Waals surface area contributed by atoms with Crippen LogP contribution in [0.25, 0.3) is 49.7 Å². The fourth-order valence-electron chi connectivity index (χ4n) is 6.13. The van der Waals surface area contributed by atoms with E-state index in [0.29, 0.717) is 5.46 Å². The molecule has 1 aliphatic carbocycles. The topological polar surface area (TPSA) is 45.4 Å². The van der Waals surface area contributed by atoms with E-state index in [1.807, 2.05) is 18.2 Å². The van der Waals surface area contributed by atoms with Gasteiger partial charge in [0.05, 0.1) is 11.0 Å². The highest BCUT2D eigenvalue weighted by Crippen LogP contribution is 2.51. The Labute approximate surface area is 216 Å². The van der Waals surface area contributed by atoms with E-state index in [0.717, 1.165) is 22.3 Å².